The molecule has 5 nitrogen and oxygen atoms in total. The predicted octanol–water partition coefficient (Wildman–Crippen LogP) is 4.50. The zero-order valence-electron chi connectivity index (χ0n) is 18.8. The van der Waals surface area contributed by atoms with Gasteiger partial charge in [0.15, 0.2) is 6.61 Å². The molecule has 2 amide bonds. The first-order valence-corrected chi connectivity index (χ1v) is 11.6. The van der Waals surface area contributed by atoms with Crippen LogP contribution in [0.1, 0.15) is 51.0 Å². The van der Waals surface area contributed by atoms with Gasteiger partial charge in [-0.15, -0.1) is 0 Å². The van der Waals surface area contributed by atoms with E-state index in [2.05, 4.69) is 5.32 Å². The van der Waals surface area contributed by atoms with Crippen molar-refractivity contribution in [1.82, 2.24) is 10.2 Å². The molecule has 0 unspecified atom stereocenters. The molecule has 2 aromatic carbocycles. The minimum atomic E-state index is -0.551. The number of carbonyl (C=O) groups excluding carboxylic acids is 2. The average molecular weight is 441 g/mol. The summed E-state index contributed by atoms with van der Waals surface area (Å²) in [7, 11) is 0. The van der Waals surface area contributed by atoms with E-state index in [4.69, 9.17) is 4.74 Å². The van der Waals surface area contributed by atoms with Gasteiger partial charge in [-0.25, -0.2) is 4.39 Å². The lowest BCUT2D eigenvalue weighted by Crippen LogP contribution is -2.53. The van der Waals surface area contributed by atoms with Crippen LogP contribution in [-0.2, 0) is 16.0 Å². The number of hydrogen-bond donors (Lipinski definition) is 1. The third-order valence-corrected chi connectivity index (χ3v) is 6.00. The number of carbonyl (C=O) groups is 2. The molecular formula is C26H33FN2O3. The zero-order valence-corrected chi connectivity index (χ0v) is 18.8. The molecule has 3 rings (SSSR count). The first-order valence-electron chi connectivity index (χ1n) is 11.6. The van der Waals surface area contributed by atoms with Gasteiger partial charge in [-0.2, -0.15) is 0 Å². The van der Waals surface area contributed by atoms with E-state index in [-0.39, 0.29) is 30.3 Å². The number of hydrogen-bond acceptors (Lipinski definition) is 3. The Labute approximate surface area is 190 Å². The summed E-state index contributed by atoms with van der Waals surface area (Å²) in [4.78, 5) is 27.9. The summed E-state index contributed by atoms with van der Waals surface area (Å²) < 4.78 is 18.7. The van der Waals surface area contributed by atoms with Gasteiger partial charge in [-0.05, 0) is 55.5 Å². The Kier molecular flexibility index (Phi) is 9.08. The van der Waals surface area contributed by atoms with Gasteiger partial charge in [0, 0.05) is 12.6 Å². The van der Waals surface area contributed by atoms with Gasteiger partial charge in [0.2, 0.25) is 5.91 Å². The quantitative estimate of drug-likeness (QED) is 0.592. The van der Waals surface area contributed by atoms with E-state index in [1.165, 1.54) is 30.7 Å². The largest absolute Gasteiger partial charge is 0.484 e. The highest BCUT2D eigenvalue weighted by atomic mass is 19.1. The van der Waals surface area contributed by atoms with E-state index < -0.39 is 6.04 Å². The molecule has 1 atom stereocenters. The number of amides is 2. The molecule has 1 fully saturated rings. The van der Waals surface area contributed by atoms with Gasteiger partial charge in [0.1, 0.15) is 17.6 Å². The Morgan fingerprint density at radius 1 is 1.06 bits per heavy atom. The van der Waals surface area contributed by atoms with Crippen LogP contribution in [-0.4, -0.2) is 41.9 Å². The molecule has 0 aromatic heterocycles. The van der Waals surface area contributed by atoms with Crippen molar-refractivity contribution in [2.24, 2.45) is 0 Å². The molecule has 6 heteroatoms. The third kappa shape index (κ3) is 7.08. The van der Waals surface area contributed by atoms with Gasteiger partial charge in [0.05, 0.1) is 0 Å². The Morgan fingerprint density at radius 2 is 1.75 bits per heavy atom. The van der Waals surface area contributed by atoms with Crippen LogP contribution in [0.2, 0.25) is 0 Å². The lowest BCUT2D eigenvalue weighted by atomic mass is 9.95. The van der Waals surface area contributed by atoms with Crippen LogP contribution in [0.4, 0.5) is 4.39 Å². The normalized spacial score (nSPS) is 15.1. The first-order chi connectivity index (χ1) is 15.6. The maximum atomic E-state index is 13.1. The van der Waals surface area contributed by atoms with Crippen LogP contribution in [0.5, 0.6) is 5.75 Å². The summed E-state index contributed by atoms with van der Waals surface area (Å²) in [6.45, 7) is 2.15. The number of benzene rings is 2. The highest BCUT2D eigenvalue weighted by Crippen LogP contribution is 2.19. The van der Waals surface area contributed by atoms with E-state index >= 15 is 0 Å². The van der Waals surface area contributed by atoms with E-state index in [0.29, 0.717) is 25.1 Å². The van der Waals surface area contributed by atoms with E-state index in [1.54, 1.807) is 4.90 Å². The van der Waals surface area contributed by atoms with Crippen LogP contribution in [0.3, 0.4) is 0 Å². The molecule has 0 heterocycles. The van der Waals surface area contributed by atoms with Crippen LogP contribution in [0.25, 0.3) is 0 Å². The van der Waals surface area contributed by atoms with Crippen molar-refractivity contribution >= 4 is 11.8 Å². The van der Waals surface area contributed by atoms with E-state index in [1.807, 2.05) is 37.3 Å². The molecule has 1 N–H and O–H groups in total. The molecule has 0 spiro atoms. The lowest BCUT2D eigenvalue weighted by molar-refractivity contribution is -0.142. The molecule has 0 saturated heterocycles. The fraction of sp³-hybridized carbons (Fsp3) is 0.462. The van der Waals surface area contributed by atoms with Gasteiger partial charge in [-0.1, -0.05) is 56.5 Å². The smallest absolute Gasteiger partial charge is 0.261 e. The summed E-state index contributed by atoms with van der Waals surface area (Å²) in [5.74, 6) is -0.292. The summed E-state index contributed by atoms with van der Waals surface area (Å²) >= 11 is 0. The van der Waals surface area contributed by atoms with Gasteiger partial charge in [-0.3, -0.25) is 9.59 Å². The molecule has 0 aliphatic heterocycles. The Hall–Kier alpha value is -2.89. The van der Waals surface area contributed by atoms with Gasteiger partial charge >= 0.3 is 0 Å². The Balaban J connectivity index is 1.68. The summed E-state index contributed by atoms with van der Waals surface area (Å²) in [6, 6.07) is 15.1. The summed E-state index contributed by atoms with van der Waals surface area (Å²) in [5, 5.41) is 3.17. The minimum Gasteiger partial charge on any atom is -0.484 e. The third-order valence-electron chi connectivity index (χ3n) is 6.00. The van der Waals surface area contributed by atoms with Crippen LogP contribution >= 0.6 is 0 Å². The Bertz CT molecular complexity index is 851. The molecule has 2 aromatic rings. The fourth-order valence-corrected chi connectivity index (χ4v) is 4.20. The van der Waals surface area contributed by atoms with Crippen molar-refractivity contribution < 1.29 is 18.7 Å². The molecule has 32 heavy (non-hydrogen) atoms. The maximum absolute atomic E-state index is 13.1. The molecule has 172 valence electrons. The van der Waals surface area contributed by atoms with Gasteiger partial charge in [0.25, 0.3) is 5.91 Å². The van der Waals surface area contributed by atoms with Gasteiger partial charge < -0.3 is 15.0 Å². The van der Waals surface area contributed by atoms with Crippen LogP contribution in [0, 0.1) is 5.82 Å². The maximum Gasteiger partial charge on any atom is 0.261 e. The number of nitrogens with one attached hydrogen (secondary N) is 1. The molecule has 1 saturated carbocycles. The van der Waals surface area contributed by atoms with Crippen LogP contribution < -0.4 is 10.1 Å². The molecule has 1 aliphatic rings. The SMILES string of the molecule is CC[C@H](C(=O)NC1CCCCC1)N(CCc1ccccc1)C(=O)COc1ccc(F)cc1. The van der Waals surface area contributed by atoms with Crippen molar-refractivity contribution in [1.29, 1.82) is 0 Å². The highest BCUT2D eigenvalue weighted by Gasteiger charge is 2.30. The predicted molar refractivity (Wildman–Crippen MR) is 123 cm³/mol. The van der Waals surface area contributed by atoms with Crippen molar-refractivity contribution in [3.8, 4) is 5.75 Å². The Morgan fingerprint density at radius 3 is 2.41 bits per heavy atom. The number of rotatable bonds is 10. The number of nitrogens with zero attached hydrogens (tertiary/aromatic N) is 1. The number of ether oxygens (including phenoxy) is 1. The first kappa shape index (κ1) is 23.8. The lowest BCUT2D eigenvalue weighted by Gasteiger charge is -2.32. The highest BCUT2D eigenvalue weighted by molar-refractivity contribution is 5.88. The monoisotopic (exact) mass is 440 g/mol. The van der Waals surface area contributed by atoms with E-state index in [9.17, 15) is 14.0 Å². The second kappa shape index (κ2) is 12.2. The van der Waals surface area contributed by atoms with Crippen LogP contribution in [0.15, 0.2) is 54.6 Å². The topological polar surface area (TPSA) is 58.6 Å². The second-order valence-electron chi connectivity index (χ2n) is 8.33. The average Bonchev–Trinajstić information content (AvgIpc) is 2.82. The summed E-state index contributed by atoms with van der Waals surface area (Å²) in [6.07, 6.45) is 6.63. The second-order valence-corrected chi connectivity index (χ2v) is 8.33. The summed E-state index contributed by atoms with van der Waals surface area (Å²) in [5.41, 5.74) is 1.10. The molecule has 0 bridgehead atoms. The molecule has 0 radical (unpaired) electrons. The molecule has 1 aliphatic carbocycles. The van der Waals surface area contributed by atoms with Crippen molar-refractivity contribution in [3.63, 3.8) is 0 Å². The van der Waals surface area contributed by atoms with Crippen molar-refractivity contribution in [2.75, 3.05) is 13.2 Å². The fourth-order valence-electron chi connectivity index (χ4n) is 4.20. The zero-order chi connectivity index (χ0) is 22.8. The van der Waals surface area contributed by atoms with Crippen molar-refractivity contribution in [2.45, 2.75) is 64.0 Å². The van der Waals surface area contributed by atoms with Crippen molar-refractivity contribution in [3.05, 3.63) is 66.0 Å². The number of halogens is 1. The standard InChI is InChI=1S/C26H33FN2O3/c1-2-24(26(31)28-22-11-7-4-8-12-22)29(18-17-20-9-5-3-6-10-20)25(30)19-32-23-15-13-21(27)14-16-23/h3,5-6,9-10,13-16,22,24H,2,4,7-8,11-12,17-19H2,1H3,(H,28,31)/t24-/m1/s1. The minimum absolute atomic E-state index is 0.0948. The molecular weight excluding hydrogens is 407 g/mol. The van der Waals surface area contributed by atoms with E-state index in [0.717, 1.165) is 31.2 Å².